The molecule has 0 unspecified atom stereocenters. The Morgan fingerprint density at radius 3 is 2.33 bits per heavy atom. The number of nitrogens with one attached hydrogen (secondary N) is 1. The van der Waals surface area contributed by atoms with Crippen molar-refractivity contribution in [2.75, 3.05) is 11.1 Å². The Morgan fingerprint density at radius 2 is 1.76 bits per heavy atom. The number of nitrogens with two attached hydrogens (primary N) is 2. The van der Waals surface area contributed by atoms with Gasteiger partial charge in [-0.1, -0.05) is 12.1 Å². The lowest BCUT2D eigenvalue weighted by Gasteiger charge is -2.06. The molecule has 0 saturated carbocycles. The Hall–Kier alpha value is -2.38. The summed E-state index contributed by atoms with van der Waals surface area (Å²) >= 11 is 0. The van der Waals surface area contributed by atoms with Crippen LogP contribution in [0.2, 0.25) is 0 Å². The van der Waals surface area contributed by atoms with Crippen molar-refractivity contribution in [2.24, 2.45) is 5.14 Å². The summed E-state index contributed by atoms with van der Waals surface area (Å²) in [5.41, 5.74) is 7.54. The van der Waals surface area contributed by atoms with Crippen LogP contribution in [0.4, 0.5) is 11.4 Å². The maximum absolute atomic E-state index is 11.9. The fourth-order valence-electron chi connectivity index (χ4n) is 1.82. The Labute approximate surface area is 122 Å². The van der Waals surface area contributed by atoms with E-state index >= 15 is 0 Å². The van der Waals surface area contributed by atoms with Crippen LogP contribution >= 0.6 is 0 Å². The molecule has 0 fully saturated rings. The number of hydrogen-bond donors (Lipinski definition) is 3. The van der Waals surface area contributed by atoms with Crippen molar-refractivity contribution in [3.8, 4) is 0 Å². The maximum Gasteiger partial charge on any atom is 0.238 e. The van der Waals surface area contributed by atoms with Crippen molar-refractivity contribution >= 4 is 27.3 Å². The second-order valence-electron chi connectivity index (χ2n) is 4.54. The van der Waals surface area contributed by atoms with Crippen LogP contribution in [0.15, 0.2) is 53.4 Å². The number of rotatable bonds is 4. The van der Waals surface area contributed by atoms with Crippen molar-refractivity contribution in [3.63, 3.8) is 0 Å². The van der Waals surface area contributed by atoms with Gasteiger partial charge >= 0.3 is 0 Å². The summed E-state index contributed by atoms with van der Waals surface area (Å²) in [5, 5.41) is 7.67. The lowest BCUT2D eigenvalue weighted by atomic mass is 10.1. The molecule has 0 aliphatic rings. The van der Waals surface area contributed by atoms with Crippen LogP contribution in [0, 0.1) is 0 Å². The van der Waals surface area contributed by atoms with Crippen LogP contribution in [0.5, 0.6) is 0 Å². The van der Waals surface area contributed by atoms with Crippen molar-refractivity contribution in [1.29, 1.82) is 0 Å². The van der Waals surface area contributed by atoms with Crippen LogP contribution in [0.25, 0.3) is 0 Å². The molecule has 0 bridgehead atoms. The molecule has 0 radical (unpaired) electrons. The van der Waals surface area contributed by atoms with Gasteiger partial charge < -0.3 is 11.1 Å². The van der Waals surface area contributed by atoms with Crippen molar-refractivity contribution in [3.05, 3.63) is 54.1 Å². The van der Waals surface area contributed by atoms with Gasteiger partial charge in [0, 0.05) is 11.4 Å². The van der Waals surface area contributed by atoms with Gasteiger partial charge in [0.2, 0.25) is 15.9 Å². The normalized spacial score (nSPS) is 11.1. The summed E-state index contributed by atoms with van der Waals surface area (Å²) in [6.45, 7) is 0. The van der Waals surface area contributed by atoms with E-state index in [0.717, 1.165) is 5.56 Å². The zero-order valence-electron chi connectivity index (χ0n) is 11.1. The number of anilines is 2. The second-order valence-corrected chi connectivity index (χ2v) is 6.10. The second kappa shape index (κ2) is 5.94. The highest BCUT2D eigenvalue weighted by Gasteiger charge is 2.08. The molecule has 2 rings (SSSR count). The molecular formula is C14H15N3O3S. The van der Waals surface area contributed by atoms with Gasteiger partial charge in [-0.3, -0.25) is 4.79 Å². The zero-order valence-corrected chi connectivity index (χ0v) is 11.9. The van der Waals surface area contributed by atoms with Crippen LogP contribution < -0.4 is 16.2 Å². The predicted octanol–water partition coefficient (Wildman–Crippen LogP) is 1.10. The summed E-state index contributed by atoms with van der Waals surface area (Å²) in [6.07, 6.45) is 0.183. The molecule has 7 heteroatoms. The van der Waals surface area contributed by atoms with E-state index in [0.29, 0.717) is 11.4 Å². The third-order valence-electron chi connectivity index (χ3n) is 2.78. The fraction of sp³-hybridized carbons (Fsp3) is 0.0714. The lowest BCUT2D eigenvalue weighted by Crippen LogP contribution is -2.15. The van der Waals surface area contributed by atoms with E-state index in [9.17, 15) is 13.2 Å². The van der Waals surface area contributed by atoms with E-state index in [1.165, 1.54) is 24.3 Å². The third kappa shape index (κ3) is 4.30. The highest BCUT2D eigenvalue weighted by molar-refractivity contribution is 7.89. The number of carbonyl (C=O) groups excluding carboxylic acids is 1. The molecule has 5 N–H and O–H groups in total. The van der Waals surface area contributed by atoms with Crippen LogP contribution in [-0.2, 0) is 21.2 Å². The molecule has 0 aromatic heterocycles. The van der Waals surface area contributed by atoms with Gasteiger partial charge in [0.25, 0.3) is 0 Å². The van der Waals surface area contributed by atoms with E-state index in [4.69, 9.17) is 10.9 Å². The molecule has 0 heterocycles. The predicted molar refractivity (Wildman–Crippen MR) is 81.0 cm³/mol. The molecule has 110 valence electrons. The fourth-order valence-corrected chi connectivity index (χ4v) is 2.34. The molecule has 6 nitrogen and oxygen atoms in total. The van der Waals surface area contributed by atoms with Crippen molar-refractivity contribution < 1.29 is 13.2 Å². The highest BCUT2D eigenvalue weighted by Crippen LogP contribution is 2.14. The molecule has 0 atom stereocenters. The molecule has 0 saturated heterocycles. The molecule has 0 aliphatic heterocycles. The summed E-state index contributed by atoms with van der Waals surface area (Å²) < 4.78 is 22.2. The highest BCUT2D eigenvalue weighted by atomic mass is 32.2. The minimum absolute atomic E-state index is 0.00340. The van der Waals surface area contributed by atoms with Crippen LogP contribution in [0.3, 0.4) is 0 Å². The van der Waals surface area contributed by atoms with E-state index in [1.54, 1.807) is 24.3 Å². The number of hydrogen-bond acceptors (Lipinski definition) is 4. The first-order chi connectivity index (χ1) is 9.84. The van der Waals surface area contributed by atoms with Crippen molar-refractivity contribution in [2.45, 2.75) is 11.3 Å². The largest absolute Gasteiger partial charge is 0.399 e. The van der Waals surface area contributed by atoms with Gasteiger partial charge in [0.05, 0.1) is 11.3 Å². The first-order valence-corrected chi connectivity index (χ1v) is 7.66. The van der Waals surface area contributed by atoms with Gasteiger partial charge in [-0.05, 0) is 42.0 Å². The standard InChI is InChI=1S/C14H15N3O3S/c15-11-3-1-2-10(8-11)9-14(18)17-12-4-6-13(7-5-12)21(16,19)20/h1-8H,9,15H2,(H,17,18)(H2,16,19,20). The van der Waals surface area contributed by atoms with Crippen LogP contribution in [0.1, 0.15) is 5.56 Å². The quantitative estimate of drug-likeness (QED) is 0.733. The Kier molecular flexibility index (Phi) is 4.25. The first-order valence-electron chi connectivity index (χ1n) is 6.12. The van der Waals surface area contributed by atoms with Gasteiger partial charge in [-0.2, -0.15) is 0 Å². The summed E-state index contributed by atoms with van der Waals surface area (Å²) in [5.74, 6) is -0.219. The molecule has 0 spiro atoms. The van der Waals surface area contributed by atoms with E-state index in [1.807, 2.05) is 0 Å². The molecule has 0 aliphatic carbocycles. The number of primary sulfonamides is 1. The number of sulfonamides is 1. The van der Waals surface area contributed by atoms with E-state index in [2.05, 4.69) is 5.32 Å². The Balaban J connectivity index is 2.03. The van der Waals surface area contributed by atoms with Gasteiger partial charge in [0.1, 0.15) is 0 Å². The smallest absolute Gasteiger partial charge is 0.238 e. The lowest BCUT2D eigenvalue weighted by molar-refractivity contribution is -0.115. The molecule has 2 aromatic carbocycles. The topological polar surface area (TPSA) is 115 Å². The average molecular weight is 305 g/mol. The number of carbonyl (C=O) groups is 1. The maximum atomic E-state index is 11.9. The van der Waals surface area contributed by atoms with Gasteiger partial charge in [-0.15, -0.1) is 0 Å². The molecule has 21 heavy (non-hydrogen) atoms. The number of amides is 1. The summed E-state index contributed by atoms with van der Waals surface area (Å²) in [4.78, 5) is 11.9. The number of benzene rings is 2. The van der Waals surface area contributed by atoms with E-state index in [-0.39, 0.29) is 17.2 Å². The van der Waals surface area contributed by atoms with Crippen molar-refractivity contribution in [1.82, 2.24) is 0 Å². The minimum Gasteiger partial charge on any atom is -0.399 e. The summed E-state index contributed by atoms with van der Waals surface area (Å²) in [7, 11) is -3.73. The summed E-state index contributed by atoms with van der Waals surface area (Å²) in [6, 6.07) is 12.7. The molecule has 2 aromatic rings. The number of nitrogen functional groups attached to an aromatic ring is 1. The average Bonchev–Trinajstić information content (AvgIpc) is 2.38. The zero-order chi connectivity index (χ0) is 15.5. The van der Waals surface area contributed by atoms with Gasteiger partial charge in [-0.25, -0.2) is 13.6 Å². The minimum atomic E-state index is -3.73. The monoisotopic (exact) mass is 305 g/mol. The molecular weight excluding hydrogens is 290 g/mol. The molecule has 1 amide bonds. The van der Waals surface area contributed by atoms with Crippen LogP contribution in [-0.4, -0.2) is 14.3 Å². The Morgan fingerprint density at radius 1 is 1.10 bits per heavy atom. The van der Waals surface area contributed by atoms with Gasteiger partial charge in [0.15, 0.2) is 0 Å². The SMILES string of the molecule is Nc1cccc(CC(=O)Nc2ccc(S(N)(=O)=O)cc2)c1. The van der Waals surface area contributed by atoms with E-state index < -0.39 is 10.0 Å². The first kappa shape index (κ1) is 15.0. The third-order valence-corrected chi connectivity index (χ3v) is 3.71. The Bertz CT molecular complexity index is 755.